The SMILES string of the molecule is COc1nc(C=Cc2nc3n(n2)CC[C@@H]3c2cc(F)c(F)cc2F)ccc1-n1cnc(C)c1. The van der Waals surface area contributed by atoms with Crippen LogP contribution in [0.15, 0.2) is 36.8 Å². The van der Waals surface area contributed by atoms with Crippen LogP contribution in [0, 0.1) is 24.4 Å². The van der Waals surface area contributed by atoms with Crippen molar-refractivity contribution in [2.75, 3.05) is 7.11 Å². The highest BCUT2D eigenvalue weighted by molar-refractivity contribution is 5.65. The van der Waals surface area contributed by atoms with E-state index in [9.17, 15) is 13.2 Å². The summed E-state index contributed by atoms with van der Waals surface area (Å²) in [6, 6.07) is 5.16. The molecule has 3 aromatic heterocycles. The molecule has 1 aliphatic rings. The Hall–Kier alpha value is -3.95. The van der Waals surface area contributed by atoms with Gasteiger partial charge in [-0.05, 0) is 43.7 Å². The Labute approximate surface area is 187 Å². The number of imidazole rings is 1. The lowest BCUT2D eigenvalue weighted by Gasteiger charge is -2.10. The quantitative estimate of drug-likeness (QED) is 0.423. The summed E-state index contributed by atoms with van der Waals surface area (Å²) < 4.78 is 50.2. The van der Waals surface area contributed by atoms with E-state index in [1.165, 1.54) is 0 Å². The number of hydrogen-bond donors (Lipinski definition) is 0. The van der Waals surface area contributed by atoms with E-state index in [0.29, 0.717) is 42.3 Å². The summed E-state index contributed by atoms with van der Waals surface area (Å²) in [5.41, 5.74) is 2.34. The molecule has 10 heteroatoms. The van der Waals surface area contributed by atoms with E-state index in [4.69, 9.17) is 4.74 Å². The molecule has 0 fully saturated rings. The fourth-order valence-electron chi connectivity index (χ4n) is 3.95. The Balaban J connectivity index is 1.40. The highest BCUT2D eigenvalue weighted by atomic mass is 19.2. The van der Waals surface area contributed by atoms with Gasteiger partial charge in [-0.2, -0.15) is 5.10 Å². The summed E-state index contributed by atoms with van der Waals surface area (Å²) in [5, 5.41) is 4.42. The minimum atomic E-state index is -1.21. The Morgan fingerprint density at radius 1 is 1.06 bits per heavy atom. The van der Waals surface area contributed by atoms with Crippen LogP contribution in [0.4, 0.5) is 13.2 Å². The van der Waals surface area contributed by atoms with Crippen LogP contribution >= 0.6 is 0 Å². The molecule has 0 spiro atoms. The molecule has 33 heavy (non-hydrogen) atoms. The number of rotatable bonds is 5. The predicted molar refractivity (Wildman–Crippen MR) is 114 cm³/mol. The molecule has 168 valence electrons. The number of fused-ring (bicyclic) bond motifs is 1. The van der Waals surface area contributed by atoms with Crippen LogP contribution in [-0.2, 0) is 6.54 Å². The summed E-state index contributed by atoms with van der Waals surface area (Å²) >= 11 is 0. The standard InChI is InChI=1S/C23H19F3N6O/c1-13-11-31(12-27-13)20-5-3-14(28-23(20)33-2)4-6-21-29-22-15(7-8-32(22)30-21)16-9-18(25)19(26)10-17(16)24/h3-6,9-12,15H,7-8H2,1-2H3/t15-/m1/s1. The Morgan fingerprint density at radius 2 is 1.88 bits per heavy atom. The van der Waals surface area contributed by atoms with Crippen LogP contribution in [0.2, 0.25) is 0 Å². The Morgan fingerprint density at radius 3 is 2.64 bits per heavy atom. The highest BCUT2D eigenvalue weighted by Crippen LogP contribution is 2.35. The number of pyridine rings is 1. The van der Waals surface area contributed by atoms with Crippen molar-refractivity contribution in [2.24, 2.45) is 0 Å². The third kappa shape index (κ3) is 3.88. The van der Waals surface area contributed by atoms with Gasteiger partial charge in [0.1, 0.15) is 17.3 Å². The maximum atomic E-state index is 14.3. The Bertz CT molecular complexity index is 1380. The average Bonchev–Trinajstić information content (AvgIpc) is 3.50. The van der Waals surface area contributed by atoms with Crippen molar-refractivity contribution >= 4 is 12.2 Å². The van der Waals surface area contributed by atoms with Crippen molar-refractivity contribution in [1.29, 1.82) is 0 Å². The summed E-state index contributed by atoms with van der Waals surface area (Å²) in [5.74, 6) is -2.23. The van der Waals surface area contributed by atoms with Crippen LogP contribution < -0.4 is 4.74 Å². The molecular formula is C23H19F3N6O. The van der Waals surface area contributed by atoms with Crippen molar-refractivity contribution in [2.45, 2.75) is 25.8 Å². The van der Waals surface area contributed by atoms with Crippen LogP contribution in [0.3, 0.4) is 0 Å². The van der Waals surface area contributed by atoms with Crippen LogP contribution in [-0.4, -0.2) is 36.4 Å². The molecule has 7 nitrogen and oxygen atoms in total. The fraction of sp³-hybridized carbons (Fsp3) is 0.217. The molecule has 4 aromatic rings. The number of benzene rings is 1. The van der Waals surface area contributed by atoms with Gasteiger partial charge < -0.3 is 9.30 Å². The van der Waals surface area contributed by atoms with Gasteiger partial charge in [-0.3, -0.25) is 0 Å². The first-order valence-corrected chi connectivity index (χ1v) is 10.3. The molecule has 0 radical (unpaired) electrons. The number of nitrogens with zero attached hydrogens (tertiary/aromatic N) is 6. The van der Waals surface area contributed by atoms with Crippen molar-refractivity contribution in [3.63, 3.8) is 0 Å². The fourth-order valence-corrected chi connectivity index (χ4v) is 3.95. The minimum absolute atomic E-state index is 0.0762. The van der Waals surface area contributed by atoms with Gasteiger partial charge in [-0.15, -0.1) is 0 Å². The van der Waals surface area contributed by atoms with Crippen LogP contribution in [0.25, 0.3) is 17.8 Å². The smallest absolute Gasteiger partial charge is 0.238 e. The molecule has 1 aliphatic heterocycles. The lowest BCUT2D eigenvalue weighted by molar-refractivity contribution is 0.395. The van der Waals surface area contributed by atoms with Gasteiger partial charge in [-0.1, -0.05) is 0 Å². The Kier molecular flexibility index (Phi) is 5.20. The molecule has 0 N–H and O–H groups in total. The zero-order valence-electron chi connectivity index (χ0n) is 17.8. The molecule has 0 aliphatic carbocycles. The molecule has 4 heterocycles. The normalized spacial score (nSPS) is 15.4. The van der Waals surface area contributed by atoms with Gasteiger partial charge >= 0.3 is 0 Å². The number of methoxy groups -OCH3 is 1. The summed E-state index contributed by atoms with van der Waals surface area (Å²) in [4.78, 5) is 13.2. The van der Waals surface area contributed by atoms with Gasteiger partial charge in [0.05, 0.1) is 24.8 Å². The number of aromatic nitrogens is 6. The van der Waals surface area contributed by atoms with Crippen molar-refractivity contribution in [3.8, 4) is 11.6 Å². The molecule has 0 saturated heterocycles. The summed E-state index contributed by atoms with van der Waals surface area (Å²) in [7, 11) is 1.54. The number of halogens is 3. The first-order valence-electron chi connectivity index (χ1n) is 10.3. The second kappa shape index (κ2) is 8.19. The van der Waals surface area contributed by atoms with Crippen LogP contribution in [0.1, 0.15) is 40.9 Å². The third-order valence-corrected chi connectivity index (χ3v) is 5.52. The molecule has 0 bridgehead atoms. The molecule has 1 aromatic carbocycles. The van der Waals surface area contributed by atoms with E-state index in [0.717, 1.165) is 17.4 Å². The minimum Gasteiger partial charge on any atom is -0.479 e. The van der Waals surface area contributed by atoms with Gasteiger partial charge in [0, 0.05) is 30.3 Å². The number of hydrogen-bond acceptors (Lipinski definition) is 5. The number of aryl methyl sites for hydroxylation is 2. The maximum Gasteiger partial charge on any atom is 0.238 e. The molecule has 0 saturated carbocycles. The van der Waals surface area contributed by atoms with E-state index in [1.54, 1.807) is 30.3 Å². The second-order valence-electron chi connectivity index (χ2n) is 7.70. The molecular weight excluding hydrogens is 433 g/mol. The van der Waals surface area contributed by atoms with Gasteiger partial charge in [0.2, 0.25) is 5.88 Å². The zero-order chi connectivity index (χ0) is 23.1. The van der Waals surface area contributed by atoms with Gasteiger partial charge in [-0.25, -0.2) is 32.8 Å². The molecule has 5 rings (SSSR count). The lowest BCUT2D eigenvalue weighted by atomic mass is 9.96. The van der Waals surface area contributed by atoms with Crippen molar-refractivity contribution in [3.05, 3.63) is 82.8 Å². The first-order chi connectivity index (χ1) is 15.9. The number of ether oxygens (including phenoxy) is 1. The lowest BCUT2D eigenvalue weighted by Crippen LogP contribution is -2.04. The average molecular weight is 452 g/mol. The topological polar surface area (TPSA) is 70.7 Å². The van der Waals surface area contributed by atoms with Gasteiger partial charge in [0.25, 0.3) is 0 Å². The van der Waals surface area contributed by atoms with Crippen molar-refractivity contribution in [1.82, 2.24) is 29.3 Å². The van der Waals surface area contributed by atoms with E-state index < -0.39 is 23.4 Å². The zero-order valence-corrected chi connectivity index (χ0v) is 17.8. The largest absolute Gasteiger partial charge is 0.479 e. The third-order valence-electron chi connectivity index (χ3n) is 5.52. The van der Waals surface area contributed by atoms with E-state index in [-0.39, 0.29) is 5.56 Å². The van der Waals surface area contributed by atoms with Gasteiger partial charge in [0.15, 0.2) is 17.5 Å². The van der Waals surface area contributed by atoms with Crippen molar-refractivity contribution < 1.29 is 17.9 Å². The van der Waals surface area contributed by atoms with E-state index in [2.05, 4.69) is 20.1 Å². The monoisotopic (exact) mass is 452 g/mol. The van der Waals surface area contributed by atoms with E-state index in [1.807, 2.05) is 29.8 Å². The molecule has 0 amide bonds. The first kappa shape index (κ1) is 20.9. The summed E-state index contributed by atoms with van der Waals surface area (Å²) in [6.07, 6.45) is 7.50. The predicted octanol–water partition coefficient (Wildman–Crippen LogP) is 4.30. The maximum absolute atomic E-state index is 14.3. The van der Waals surface area contributed by atoms with E-state index >= 15 is 0 Å². The second-order valence-corrected chi connectivity index (χ2v) is 7.70. The highest BCUT2D eigenvalue weighted by Gasteiger charge is 2.30. The summed E-state index contributed by atoms with van der Waals surface area (Å²) in [6.45, 7) is 2.40. The van der Waals surface area contributed by atoms with Crippen LogP contribution in [0.5, 0.6) is 5.88 Å². The molecule has 0 unspecified atom stereocenters. The molecule has 1 atom stereocenters.